The molecule has 1 aliphatic carbocycles. The van der Waals surface area contributed by atoms with Crippen molar-refractivity contribution in [3.8, 4) is 0 Å². The lowest BCUT2D eigenvalue weighted by Gasteiger charge is -2.37. The predicted molar refractivity (Wildman–Crippen MR) is 152 cm³/mol. The van der Waals surface area contributed by atoms with E-state index in [1.165, 1.54) is 22.8 Å². The Morgan fingerprint density at radius 1 is 1.05 bits per heavy atom. The van der Waals surface area contributed by atoms with Crippen molar-refractivity contribution in [3.05, 3.63) is 83.7 Å². The second kappa shape index (κ2) is 10.6. The summed E-state index contributed by atoms with van der Waals surface area (Å²) in [5, 5.41) is 26.6. The number of carbonyl (C=O) groups is 1. The SMILES string of the molecule is O=C(Nc1ccc(N2CCN(C(O)CO)CC2)cc1)c1cnc2ccc(N3CC4CC4[C@@H]3c3cc(F)ccc3F)nn12. The van der Waals surface area contributed by atoms with Gasteiger partial charge in [-0.3, -0.25) is 9.69 Å². The zero-order chi connectivity index (χ0) is 29.0. The molecule has 3 N–H and O–H groups in total. The molecular weight excluding hydrogens is 544 g/mol. The minimum atomic E-state index is -0.839. The first-order chi connectivity index (χ1) is 20.4. The van der Waals surface area contributed by atoms with Gasteiger partial charge in [0.2, 0.25) is 0 Å². The topological polar surface area (TPSA) is 109 Å². The van der Waals surface area contributed by atoms with E-state index < -0.39 is 17.9 Å². The van der Waals surface area contributed by atoms with Gasteiger partial charge in [0.1, 0.15) is 23.7 Å². The van der Waals surface area contributed by atoms with Crippen LogP contribution in [0, 0.1) is 23.5 Å². The molecule has 12 heteroatoms. The van der Waals surface area contributed by atoms with Gasteiger partial charge < -0.3 is 25.3 Å². The van der Waals surface area contributed by atoms with Crippen LogP contribution in [0.1, 0.15) is 28.5 Å². The van der Waals surface area contributed by atoms with Crippen LogP contribution in [0.4, 0.5) is 26.0 Å². The van der Waals surface area contributed by atoms with Gasteiger partial charge >= 0.3 is 0 Å². The molecule has 2 saturated heterocycles. The maximum Gasteiger partial charge on any atom is 0.276 e. The van der Waals surface area contributed by atoms with E-state index in [0.717, 1.165) is 18.2 Å². The Kier molecular flexibility index (Phi) is 6.76. The Morgan fingerprint density at radius 2 is 1.83 bits per heavy atom. The van der Waals surface area contributed by atoms with Gasteiger partial charge in [-0.05, 0) is 72.9 Å². The number of amides is 1. The predicted octanol–water partition coefficient (Wildman–Crippen LogP) is 2.89. The molecule has 3 fully saturated rings. The van der Waals surface area contributed by atoms with E-state index in [2.05, 4.69) is 15.2 Å². The Balaban J connectivity index is 1.07. The highest BCUT2D eigenvalue weighted by Crippen LogP contribution is 2.57. The van der Waals surface area contributed by atoms with Crippen molar-refractivity contribution in [2.24, 2.45) is 11.8 Å². The highest BCUT2D eigenvalue weighted by Gasteiger charge is 2.54. The number of halogens is 2. The largest absolute Gasteiger partial charge is 0.392 e. The van der Waals surface area contributed by atoms with E-state index in [1.807, 2.05) is 40.1 Å². The van der Waals surface area contributed by atoms with Gasteiger partial charge in [-0.15, -0.1) is 5.10 Å². The van der Waals surface area contributed by atoms with Gasteiger partial charge in [-0.2, -0.15) is 0 Å². The van der Waals surface area contributed by atoms with Crippen molar-refractivity contribution in [2.45, 2.75) is 18.7 Å². The Bertz CT molecular complexity index is 1620. The van der Waals surface area contributed by atoms with E-state index in [0.29, 0.717) is 61.4 Å². The summed E-state index contributed by atoms with van der Waals surface area (Å²) in [4.78, 5) is 23.7. The smallest absolute Gasteiger partial charge is 0.276 e. The quantitative estimate of drug-likeness (QED) is 0.309. The van der Waals surface area contributed by atoms with Crippen molar-refractivity contribution in [1.29, 1.82) is 0 Å². The monoisotopic (exact) mass is 575 g/mol. The maximum absolute atomic E-state index is 14.8. The summed E-state index contributed by atoms with van der Waals surface area (Å²) in [7, 11) is 0. The molecule has 218 valence electrons. The molecule has 2 aromatic heterocycles. The van der Waals surface area contributed by atoms with E-state index in [4.69, 9.17) is 10.2 Å². The number of piperidine rings is 1. The average Bonchev–Trinajstić information content (AvgIpc) is 3.47. The molecule has 2 aromatic carbocycles. The summed E-state index contributed by atoms with van der Waals surface area (Å²) in [5.74, 6) is -0.0599. The second-order valence-electron chi connectivity index (χ2n) is 11.2. The van der Waals surface area contributed by atoms with Crippen molar-refractivity contribution in [1.82, 2.24) is 19.5 Å². The van der Waals surface area contributed by atoms with Gasteiger partial charge in [0, 0.05) is 49.7 Å². The van der Waals surface area contributed by atoms with E-state index >= 15 is 0 Å². The molecule has 0 bridgehead atoms. The number of piperazine rings is 1. The normalized spacial score (nSPS) is 22.8. The molecule has 4 aromatic rings. The number of nitrogens with zero attached hydrogens (tertiary/aromatic N) is 6. The summed E-state index contributed by atoms with van der Waals surface area (Å²) in [6, 6.07) is 14.4. The van der Waals surface area contributed by atoms with Crippen LogP contribution in [0.5, 0.6) is 0 Å². The first-order valence-corrected chi connectivity index (χ1v) is 14.2. The van der Waals surface area contributed by atoms with Gasteiger partial charge in [-0.25, -0.2) is 18.3 Å². The number of fused-ring (bicyclic) bond motifs is 2. The second-order valence-corrected chi connectivity index (χ2v) is 11.2. The minimum absolute atomic E-state index is 0.239. The molecule has 3 aliphatic rings. The van der Waals surface area contributed by atoms with Crippen molar-refractivity contribution < 1.29 is 23.8 Å². The molecule has 10 nitrogen and oxygen atoms in total. The number of imidazole rings is 1. The number of hydrogen-bond acceptors (Lipinski definition) is 8. The average molecular weight is 576 g/mol. The summed E-state index contributed by atoms with van der Waals surface area (Å²) >= 11 is 0. The molecule has 2 aliphatic heterocycles. The van der Waals surface area contributed by atoms with Crippen molar-refractivity contribution in [3.63, 3.8) is 0 Å². The van der Waals surface area contributed by atoms with Crippen LogP contribution in [0.25, 0.3) is 5.65 Å². The zero-order valence-corrected chi connectivity index (χ0v) is 22.8. The zero-order valence-electron chi connectivity index (χ0n) is 22.8. The molecule has 1 amide bonds. The Morgan fingerprint density at radius 3 is 2.60 bits per heavy atom. The number of aliphatic hydroxyl groups is 2. The van der Waals surface area contributed by atoms with Crippen LogP contribution < -0.4 is 15.1 Å². The van der Waals surface area contributed by atoms with Crippen LogP contribution >= 0.6 is 0 Å². The number of hydrogen-bond donors (Lipinski definition) is 3. The van der Waals surface area contributed by atoms with Crippen LogP contribution in [0.15, 0.2) is 60.8 Å². The molecule has 7 rings (SSSR count). The molecular formula is C30H31F2N7O3. The van der Waals surface area contributed by atoms with Crippen LogP contribution in [-0.4, -0.2) is 81.2 Å². The molecule has 42 heavy (non-hydrogen) atoms. The first-order valence-electron chi connectivity index (χ1n) is 14.2. The number of benzene rings is 2. The number of aliphatic hydroxyl groups excluding tert-OH is 2. The molecule has 0 radical (unpaired) electrons. The van der Waals surface area contributed by atoms with Gasteiger partial charge in [0.05, 0.1) is 18.8 Å². The highest BCUT2D eigenvalue weighted by molar-refractivity contribution is 6.03. The fraction of sp³-hybridized carbons (Fsp3) is 0.367. The Hall–Kier alpha value is -4.13. The third-order valence-electron chi connectivity index (χ3n) is 8.69. The fourth-order valence-electron chi connectivity index (χ4n) is 6.36. The summed E-state index contributed by atoms with van der Waals surface area (Å²) < 4.78 is 30.3. The van der Waals surface area contributed by atoms with E-state index in [1.54, 1.807) is 6.07 Å². The third-order valence-corrected chi connectivity index (χ3v) is 8.69. The van der Waals surface area contributed by atoms with Gasteiger partial charge in [0.15, 0.2) is 11.3 Å². The van der Waals surface area contributed by atoms with Crippen LogP contribution in [0.3, 0.4) is 0 Å². The molecule has 0 spiro atoms. The summed E-state index contributed by atoms with van der Waals surface area (Å²) in [6.45, 7) is 3.10. The lowest BCUT2D eigenvalue weighted by atomic mass is 10.0. The number of rotatable bonds is 7. The fourth-order valence-corrected chi connectivity index (χ4v) is 6.36. The standard InChI is InChI=1S/C30H31F2N7O3/c31-19-1-6-24(32)23(14-19)29-22-13-18(22)16-38(29)27-8-7-26-33-15-25(39(26)35-27)30(42)34-20-2-4-21(5-3-20)36-9-11-37(12-10-36)28(41)17-40/h1-8,14-15,18,22,28-29,40-41H,9-13,16-17H2,(H,34,42)/t18?,22?,28?,29-/m1/s1. The lowest BCUT2D eigenvalue weighted by Crippen LogP contribution is -2.51. The molecule has 3 unspecified atom stereocenters. The molecule has 4 heterocycles. The minimum Gasteiger partial charge on any atom is -0.392 e. The molecule has 4 atom stereocenters. The summed E-state index contributed by atoms with van der Waals surface area (Å²) in [5.41, 5.74) is 2.71. The van der Waals surface area contributed by atoms with Crippen molar-refractivity contribution >= 4 is 28.7 Å². The first kappa shape index (κ1) is 26.7. The van der Waals surface area contributed by atoms with E-state index in [9.17, 15) is 18.7 Å². The number of aromatic nitrogens is 3. The number of anilines is 3. The third kappa shape index (κ3) is 4.85. The Labute approximate surface area is 240 Å². The number of carbonyl (C=O) groups excluding carboxylic acids is 1. The lowest BCUT2D eigenvalue weighted by molar-refractivity contribution is -0.0369. The molecule has 1 saturated carbocycles. The van der Waals surface area contributed by atoms with Crippen LogP contribution in [0.2, 0.25) is 0 Å². The summed E-state index contributed by atoms with van der Waals surface area (Å²) in [6.07, 6.45) is 1.61. The van der Waals surface area contributed by atoms with Gasteiger partial charge in [-0.1, -0.05) is 0 Å². The maximum atomic E-state index is 14.8. The highest BCUT2D eigenvalue weighted by atomic mass is 19.1. The van der Waals surface area contributed by atoms with Gasteiger partial charge in [0.25, 0.3) is 5.91 Å². The van der Waals surface area contributed by atoms with E-state index in [-0.39, 0.29) is 30.2 Å². The van der Waals surface area contributed by atoms with Crippen LogP contribution in [-0.2, 0) is 0 Å². The number of nitrogens with one attached hydrogen (secondary N) is 1. The van der Waals surface area contributed by atoms with Crippen molar-refractivity contribution in [2.75, 3.05) is 54.4 Å².